The van der Waals surface area contributed by atoms with Gasteiger partial charge in [0.1, 0.15) is 17.1 Å². The first kappa shape index (κ1) is 20.2. The van der Waals surface area contributed by atoms with Gasteiger partial charge in [-0.3, -0.25) is 4.79 Å². The fourth-order valence-corrected chi connectivity index (χ4v) is 4.63. The molecule has 1 amide bonds. The van der Waals surface area contributed by atoms with Gasteiger partial charge in [0.25, 0.3) is 0 Å². The summed E-state index contributed by atoms with van der Waals surface area (Å²) < 4.78 is 44.7. The van der Waals surface area contributed by atoms with Crippen molar-refractivity contribution < 1.29 is 22.0 Å². The van der Waals surface area contributed by atoms with Crippen molar-refractivity contribution in [3.05, 3.63) is 65.8 Å². The molecule has 0 aliphatic heterocycles. The van der Waals surface area contributed by atoms with Crippen molar-refractivity contribution in [3.8, 4) is 11.5 Å². The molecule has 0 saturated heterocycles. The van der Waals surface area contributed by atoms with Gasteiger partial charge in [0.15, 0.2) is 10.9 Å². The van der Waals surface area contributed by atoms with Crippen LogP contribution < -0.4 is 5.32 Å². The molecule has 0 aliphatic carbocycles. The molecule has 0 bridgehead atoms. The number of furan rings is 1. The number of aromatic nitrogens is 1. The maximum atomic E-state index is 13.0. The van der Waals surface area contributed by atoms with E-state index < -0.39 is 28.3 Å². The normalized spacial score (nSPS) is 11.8. The maximum Gasteiger partial charge on any atom is 0.243 e. The summed E-state index contributed by atoms with van der Waals surface area (Å²) in [4.78, 5) is 16.5. The van der Waals surface area contributed by atoms with Gasteiger partial charge in [0.2, 0.25) is 15.9 Å². The van der Waals surface area contributed by atoms with Gasteiger partial charge in [0.05, 0.1) is 11.4 Å². The van der Waals surface area contributed by atoms with E-state index in [2.05, 4.69) is 10.3 Å². The van der Waals surface area contributed by atoms with Crippen LogP contribution in [0.4, 0.5) is 9.52 Å². The molecule has 2 aromatic carbocycles. The predicted octanol–water partition coefficient (Wildman–Crippen LogP) is 3.95. The lowest BCUT2D eigenvalue weighted by Crippen LogP contribution is -2.34. The first-order valence-corrected chi connectivity index (χ1v) is 11.1. The Hall–Kier alpha value is -3.08. The Balaban J connectivity index is 1.43. The quantitative estimate of drug-likeness (QED) is 0.485. The number of halogens is 1. The average Bonchev–Trinajstić information content (AvgIpc) is 3.34. The van der Waals surface area contributed by atoms with E-state index in [-0.39, 0.29) is 4.90 Å². The zero-order chi connectivity index (χ0) is 21.3. The van der Waals surface area contributed by atoms with Gasteiger partial charge in [-0.25, -0.2) is 17.8 Å². The number of para-hydroxylation sites is 1. The molecule has 0 fully saturated rings. The molecule has 0 spiro atoms. The van der Waals surface area contributed by atoms with Gasteiger partial charge >= 0.3 is 0 Å². The van der Waals surface area contributed by atoms with E-state index in [0.717, 1.165) is 39.5 Å². The summed E-state index contributed by atoms with van der Waals surface area (Å²) in [6.45, 7) is -0.417. The van der Waals surface area contributed by atoms with Crippen molar-refractivity contribution in [2.45, 2.75) is 4.90 Å². The van der Waals surface area contributed by atoms with Crippen LogP contribution in [-0.4, -0.2) is 37.2 Å². The molecule has 2 heterocycles. The maximum absolute atomic E-state index is 13.0. The zero-order valence-electron chi connectivity index (χ0n) is 15.7. The van der Waals surface area contributed by atoms with E-state index in [1.54, 1.807) is 5.38 Å². The van der Waals surface area contributed by atoms with E-state index in [1.807, 2.05) is 30.3 Å². The molecule has 7 nitrogen and oxygen atoms in total. The van der Waals surface area contributed by atoms with Crippen molar-refractivity contribution in [3.63, 3.8) is 0 Å². The molecule has 2 aromatic heterocycles. The van der Waals surface area contributed by atoms with Crippen LogP contribution >= 0.6 is 11.3 Å². The Morgan fingerprint density at radius 1 is 1.20 bits per heavy atom. The average molecular weight is 445 g/mol. The predicted molar refractivity (Wildman–Crippen MR) is 112 cm³/mol. The molecule has 1 N–H and O–H groups in total. The second-order valence-electron chi connectivity index (χ2n) is 6.45. The number of sulfonamides is 1. The second kappa shape index (κ2) is 7.98. The number of likely N-dealkylation sites (N-methyl/N-ethyl adjacent to an activating group) is 1. The third-order valence-electron chi connectivity index (χ3n) is 4.32. The van der Waals surface area contributed by atoms with Crippen LogP contribution in [-0.2, 0) is 14.8 Å². The van der Waals surface area contributed by atoms with Crippen LogP contribution in [0.3, 0.4) is 0 Å². The van der Waals surface area contributed by atoms with Crippen LogP contribution in [0.2, 0.25) is 0 Å². The van der Waals surface area contributed by atoms with Gasteiger partial charge in [-0.1, -0.05) is 18.2 Å². The van der Waals surface area contributed by atoms with Crippen molar-refractivity contribution in [2.24, 2.45) is 0 Å². The number of nitrogens with zero attached hydrogens (tertiary/aromatic N) is 2. The number of carbonyl (C=O) groups is 1. The van der Waals surface area contributed by atoms with Crippen LogP contribution in [0.25, 0.3) is 22.4 Å². The third-order valence-corrected chi connectivity index (χ3v) is 6.89. The number of fused-ring (bicyclic) bond motifs is 1. The minimum Gasteiger partial charge on any atom is -0.454 e. The minimum atomic E-state index is -3.92. The molecule has 4 rings (SSSR count). The fraction of sp³-hybridized carbons (Fsp3) is 0.100. The highest BCUT2D eigenvalue weighted by Crippen LogP contribution is 2.30. The van der Waals surface area contributed by atoms with Crippen molar-refractivity contribution in [1.82, 2.24) is 9.29 Å². The molecule has 0 atom stereocenters. The zero-order valence-corrected chi connectivity index (χ0v) is 17.3. The van der Waals surface area contributed by atoms with E-state index in [4.69, 9.17) is 4.42 Å². The highest BCUT2D eigenvalue weighted by atomic mass is 32.2. The lowest BCUT2D eigenvalue weighted by molar-refractivity contribution is -0.116. The third kappa shape index (κ3) is 4.11. The van der Waals surface area contributed by atoms with Crippen LogP contribution in [0, 0.1) is 5.82 Å². The summed E-state index contributed by atoms with van der Waals surface area (Å²) in [6.07, 6.45) is 0. The summed E-state index contributed by atoms with van der Waals surface area (Å²) in [6, 6.07) is 13.8. The molecule has 154 valence electrons. The lowest BCUT2D eigenvalue weighted by atomic mass is 10.2. The van der Waals surface area contributed by atoms with E-state index in [1.165, 1.54) is 18.4 Å². The van der Waals surface area contributed by atoms with Gasteiger partial charge in [-0.2, -0.15) is 4.31 Å². The van der Waals surface area contributed by atoms with Gasteiger partial charge in [-0.15, -0.1) is 11.3 Å². The highest BCUT2D eigenvalue weighted by molar-refractivity contribution is 7.89. The van der Waals surface area contributed by atoms with Crippen molar-refractivity contribution in [2.75, 3.05) is 18.9 Å². The molecular weight excluding hydrogens is 429 g/mol. The number of nitrogens with one attached hydrogen (secondary N) is 1. The van der Waals surface area contributed by atoms with Crippen LogP contribution in [0.1, 0.15) is 0 Å². The number of rotatable bonds is 6. The topological polar surface area (TPSA) is 92.5 Å². The summed E-state index contributed by atoms with van der Waals surface area (Å²) in [5, 5.41) is 5.60. The standard InChI is InChI=1S/C20H16FN3O4S2/c1-24(30(26,27)15-8-6-14(21)7-9-15)11-19(25)23-20-22-16(12-29-20)18-10-13-4-2-3-5-17(13)28-18/h2-10,12H,11H2,1H3,(H,22,23,25). The Labute approximate surface area is 175 Å². The number of hydrogen-bond acceptors (Lipinski definition) is 6. The Kier molecular flexibility index (Phi) is 5.37. The summed E-state index contributed by atoms with van der Waals surface area (Å²) in [7, 11) is -2.64. The number of amides is 1. The van der Waals surface area contributed by atoms with Gasteiger partial charge < -0.3 is 9.73 Å². The summed E-state index contributed by atoms with van der Waals surface area (Å²) in [5.41, 5.74) is 1.30. The second-order valence-corrected chi connectivity index (χ2v) is 9.35. The first-order chi connectivity index (χ1) is 14.3. The van der Waals surface area contributed by atoms with E-state index >= 15 is 0 Å². The molecule has 0 radical (unpaired) electrons. The Morgan fingerprint density at radius 3 is 2.67 bits per heavy atom. The van der Waals surface area contributed by atoms with Crippen molar-refractivity contribution >= 4 is 43.4 Å². The molecule has 0 aliphatic rings. The van der Waals surface area contributed by atoms with Crippen LogP contribution in [0.5, 0.6) is 0 Å². The smallest absolute Gasteiger partial charge is 0.243 e. The Morgan fingerprint density at radius 2 is 1.93 bits per heavy atom. The van der Waals surface area contributed by atoms with Crippen molar-refractivity contribution in [1.29, 1.82) is 0 Å². The molecular formula is C20H16FN3O4S2. The molecule has 0 unspecified atom stereocenters. The largest absolute Gasteiger partial charge is 0.454 e. The molecule has 30 heavy (non-hydrogen) atoms. The van der Waals surface area contributed by atoms with E-state index in [0.29, 0.717) is 16.6 Å². The highest BCUT2D eigenvalue weighted by Gasteiger charge is 2.23. The summed E-state index contributed by atoms with van der Waals surface area (Å²) in [5.74, 6) is -0.518. The number of anilines is 1. The lowest BCUT2D eigenvalue weighted by Gasteiger charge is -2.16. The Bertz CT molecular complexity index is 1280. The van der Waals surface area contributed by atoms with Crippen LogP contribution in [0.15, 0.2) is 69.3 Å². The molecule has 0 saturated carbocycles. The monoisotopic (exact) mass is 445 g/mol. The summed E-state index contributed by atoms with van der Waals surface area (Å²) >= 11 is 1.20. The molecule has 4 aromatic rings. The fourth-order valence-electron chi connectivity index (χ4n) is 2.78. The molecule has 10 heteroatoms. The first-order valence-electron chi connectivity index (χ1n) is 8.79. The SMILES string of the molecule is CN(CC(=O)Nc1nc(-c2cc3ccccc3o2)cs1)S(=O)(=O)c1ccc(F)cc1. The number of benzene rings is 2. The van der Waals surface area contributed by atoms with E-state index in [9.17, 15) is 17.6 Å². The number of hydrogen-bond donors (Lipinski definition) is 1. The number of carbonyl (C=O) groups excluding carboxylic acids is 1. The van der Waals surface area contributed by atoms with Gasteiger partial charge in [0, 0.05) is 17.8 Å². The van der Waals surface area contributed by atoms with Gasteiger partial charge in [-0.05, 0) is 36.4 Å². The minimum absolute atomic E-state index is 0.0966. The number of thiazole rings is 1.